The summed E-state index contributed by atoms with van der Waals surface area (Å²) >= 11 is 0. The Balaban J connectivity index is 4.72. The molecule has 0 N–H and O–H groups in total. The van der Waals surface area contributed by atoms with Gasteiger partial charge in [0, 0.05) is 0 Å². The predicted molar refractivity (Wildman–Crippen MR) is 55.2 cm³/mol. The van der Waals surface area contributed by atoms with Crippen LogP contribution in [0.25, 0.3) is 0 Å². The second-order valence-corrected chi connectivity index (χ2v) is 4.19. The van der Waals surface area contributed by atoms with E-state index in [4.69, 9.17) is 0 Å². The van der Waals surface area contributed by atoms with Crippen molar-refractivity contribution in [3.8, 4) is 0 Å². The maximum Gasteiger partial charge on any atom is 0.465 e. The molecular weight excluding hydrogens is 259 g/mol. The van der Waals surface area contributed by atoms with Crippen LogP contribution in [-0.4, -0.2) is 24.2 Å². The summed E-state index contributed by atoms with van der Waals surface area (Å²) in [4.78, 5) is 10.9. The van der Waals surface area contributed by atoms with Crippen molar-refractivity contribution in [2.45, 2.75) is 58.2 Å². The van der Waals surface area contributed by atoms with Gasteiger partial charge in [0.1, 0.15) is 6.10 Å². The first kappa shape index (κ1) is 17.1. The number of carbonyl (C=O) groups is 1. The average Bonchev–Trinajstić information content (AvgIpc) is 2.23. The van der Waals surface area contributed by atoms with Gasteiger partial charge >= 0.3 is 18.1 Å². The molecule has 0 rings (SSSR count). The van der Waals surface area contributed by atoms with Gasteiger partial charge in [-0.25, -0.2) is 4.79 Å². The first-order chi connectivity index (χ1) is 8.07. The van der Waals surface area contributed by atoms with E-state index in [1.165, 1.54) is 0 Å². The molecule has 0 aromatic rings. The van der Waals surface area contributed by atoms with Gasteiger partial charge in [-0.15, -0.1) is 0 Å². The lowest BCUT2D eigenvalue weighted by atomic mass is 9.97. The molecule has 0 radical (unpaired) electrons. The molecule has 2 nitrogen and oxygen atoms in total. The second kappa shape index (κ2) is 6.33. The Kier molecular flexibility index (Phi) is 6.02. The van der Waals surface area contributed by atoms with Gasteiger partial charge < -0.3 is 4.74 Å². The Hall–Kier alpha value is -0.880. The van der Waals surface area contributed by atoms with Crippen molar-refractivity contribution in [1.29, 1.82) is 0 Å². The molecule has 0 heterocycles. The number of rotatable bonds is 6. The summed E-state index contributed by atoms with van der Waals surface area (Å²) < 4.78 is 65.4. The van der Waals surface area contributed by atoms with Gasteiger partial charge in [0.25, 0.3) is 0 Å². The molecule has 0 spiro atoms. The first-order valence-electron chi connectivity index (χ1n) is 5.73. The van der Waals surface area contributed by atoms with E-state index >= 15 is 0 Å². The summed E-state index contributed by atoms with van der Waals surface area (Å²) in [5, 5.41) is 0. The van der Waals surface area contributed by atoms with Gasteiger partial charge in [0.2, 0.25) is 0 Å². The van der Waals surface area contributed by atoms with Crippen molar-refractivity contribution in [1.82, 2.24) is 0 Å². The fourth-order valence-electron chi connectivity index (χ4n) is 1.57. The zero-order valence-corrected chi connectivity index (χ0v) is 10.5. The minimum Gasteiger partial charge on any atom is -0.457 e. The van der Waals surface area contributed by atoms with Crippen LogP contribution < -0.4 is 0 Å². The highest BCUT2D eigenvalue weighted by Gasteiger charge is 2.65. The number of ether oxygens (including phenoxy) is 1. The van der Waals surface area contributed by atoms with Crippen molar-refractivity contribution in [3.63, 3.8) is 0 Å². The molecule has 2 atom stereocenters. The maximum atomic E-state index is 12.7. The van der Waals surface area contributed by atoms with Crippen LogP contribution in [0.5, 0.6) is 0 Å². The monoisotopic (exact) mass is 276 g/mol. The van der Waals surface area contributed by atoms with Crippen LogP contribution in [0.1, 0.15) is 40.0 Å². The molecule has 7 heteroatoms. The smallest absolute Gasteiger partial charge is 0.457 e. The number of esters is 1. The molecule has 0 saturated carbocycles. The van der Waals surface area contributed by atoms with E-state index in [0.717, 1.165) is 6.42 Å². The Morgan fingerprint density at radius 3 is 2.00 bits per heavy atom. The number of hydrogen-bond acceptors (Lipinski definition) is 2. The van der Waals surface area contributed by atoms with E-state index in [2.05, 4.69) is 4.74 Å². The third-order valence-corrected chi connectivity index (χ3v) is 2.65. The van der Waals surface area contributed by atoms with E-state index in [1.54, 1.807) is 13.8 Å². The lowest BCUT2D eigenvalue weighted by Crippen LogP contribution is -2.47. The van der Waals surface area contributed by atoms with Crippen molar-refractivity contribution in [2.24, 2.45) is 5.92 Å². The van der Waals surface area contributed by atoms with Gasteiger partial charge in [-0.3, -0.25) is 0 Å². The van der Waals surface area contributed by atoms with Crippen LogP contribution in [0.15, 0.2) is 0 Å². The normalized spacial score (nSPS) is 16.2. The molecule has 18 heavy (non-hydrogen) atoms. The van der Waals surface area contributed by atoms with Crippen LogP contribution in [0, 0.1) is 5.92 Å². The Morgan fingerprint density at radius 1 is 1.17 bits per heavy atom. The molecule has 0 aliphatic carbocycles. The van der Waals surface area contributed by atoms with Crippen LogP contribution >= 0.6 is 0 Å². The Labute approximate surface area is 102 Å². The molecule has 108 valence electrons. The summed E-state index contributed by atoms with van der Waals surface area (Å²) in [7, 11) is 0. The van der Waals surface area contributed by atoms with Crippen molar-refractivity contribution in [3.05, 3.63) is 0 Å². The van der Waals surface area contributed by atoms with Crippen molar-refractivity contribution < 1.29 is 31.5 Å². The predicted octanol–water partition coefficient (Wildman–Crippen LogP) is 3.94. The molecule has 0 aromatic carbocycles. The minimum absolute atomic E-state index is 0.195. The van der Waals surface area contributed by atoms with E-state index in [9.17, 15) is 26.7 Å². The molecular formula is C11H17F5O2. The number of hydrogen-bond donors (Lipinski definition) is 0. The molecule has 0 aliphatic heterocycles. The highest BCUT2D eigenvalue weighted by Crippen LogP contribution is 2.37. The van der Waals surface area contributed by atoms with Crippen LogP contribution in [0.4, 0.5) is 22.0 Å². The average molecular weight is 276 g/mol. The van der Waals surface area contributed by atoms with Crippen LogP contribution in [0.3, 0.4) is 0 Å². The molecule has 0 saturated heterocycles. The molecule has 0 amide bonds. The third-order valence-electron chi connectivity index (χ3n) is 2.65. The fraction of sp³-hybridized carbons (Fsp3) is 0.909. The molecule has 0 bridgehead atoms. The van der Waals surface area contributed by atoms with Crippen LogP contribution in [-0.2, 0) is 9.53 Å². The summed E-state index contributed by atoms with van der Waals surface area (Å²) in [5.74, 6) is -8.23. The lowest BCUT2D eigenvalue weighted by Gasteiger charge is -2.25. The number of halogens is 5. The minimum atomic E-state index is -5.92. The SMILES string of the molecule is CCCC(C)C(CC)OC(=O)C(F)(F)C(F)(F)F. The summed E-state index contributed by atoms with van der Waals surface area (Å²) in [5.41, 5.74) is 0. The van der Waals surface area contributed by atoms with E-state index in [0.29, 0.717) is 6.42 Å². The highest BCUT2D eigenvalue weighted by atomic mass is 19.4. The standard InChI is InChI=1S/C11H17F5O2/c1-4-6-7(3)8(5-2)18-9(17)10(12,13)11(14,15)16/h7-8H,4-6H2,1-3H3. The van der Waals surface area contributed by atoms with Gasteiger partial charge in [-0.1, -0.05) is 27.2 Å². The molecule has 2 unspecified atom stereocenters. The summed E-state index contributed by atoms with van der Waals surface area (Å²) in [6.07, 6.45) is -5.34. The first-order valence-corrected chi connectivity index (χ1v) is 5.73. The lowest BCUT2D eigenvalue weighted by molar-refractivity contribution is -0.283. The maximum absolute atomic E-state index is 12.7. The molecule has 0 fully saturated rings. The van der Waals surface area contributed by atoms with Crippen molar-refractivity contribution >= 4 is 5.97 Å². The number of carbonyl (C=O) groups excluding carboxylic acids is 1. The Morgan fingerprint density at radius 2 is 1.67 bits per heavy atom. The molecule has 0 aromatic heterocycles. The topological polar surface area (TPSA) is 26.3 Å². The summed E-state index contributed by atoms with van der Waals surface area (Å²) in [6, 6.07) is 0. The highest BCUT2D eigenvalue weighted by molar-refractivity contribution is 5.78. The van der Waals surface area contributed by atoms with Gasteiger partial charge in [-0.05, 0) is 18.8 Å². The van der Waals surface area contributed by atoms with Gasteiger partial charge in [0.05, 0.1) is 0 Å². The fourth-order valence-corrected chi connectivity index (χ4v) is 1.57. The zero-order chi connectivity index (χ0) is 14.6. The van der Waals surface area contributed by atoms with Gasteiger partial charge in [0.15, 0.2) is 0 Å². The van der Waals surface area contributed by atoms with Gasteiger partial charge in [-0.2, -0.15) is 22.0 Å². The van der Waals surface area contributed by atoms with Crippen LogP contribution in [0.2, 0.25) is 0 Å². The quantitative estimate of drug-likeness (QED) is 0.542. The molecule has 0 aliphatic rings. The largest absolute Gasteiger partial charge is 0.465 e. The Bertz CT molecular complexity index is 275. The van der Waals surface area contributed by atoms with E-state index in [-0.39, 0.29) is 12.3 Å². The van der Waals surface area contributed by atoms with Crippen molar-refractivity contribution in [2.75, 3.05) is 0 Å². The third kappa shape index (κ3) is 4.10. The van der Waals surface area contributed by atoms with E-state index < -0.39 is 24.2 Å². The summed E-state index contributed by atoms with van der Waals surface area (Å²) in [6.45, 7) is 5.06. The second-order valence-electron chi connectivity index (χ2n) is 4.19. The van der Waals surface area contributed by atoms with E-state index in [1.807, 2.05) is 6.92 Å². The number of alkyl halides is 5. The zero-order valence-electron chi connectivity index (χ0n) is 10.5.